The number of anilines is 1. The number of pyridine rings is 1. The third-order valence-corrected chi connectivity index (χ3v) is 5.18. The van der Waals surface area contributed by atoms with Crippen molar-refractivity contribution in [2.24, 2.45) is 0 Å². The van der Waals surface area contributed by atoms with Gasteiger partial charge in [-0.1, -0.05) is 23.2 Å². The van der Waals surface area contributed by atoms with Gasteiger partial charge >= 0.3 is 6.03 Å². The molecule has 1 heterocycles. The molecule has 3 aromatic rings. The number of aromatic nitrogens is 1. The summed E-state index contributed by atoms with van der Waals surface area (Å²) in [7, 11) is 4.16. The van der Waals surface area contributed by atoms with Gasteiger partial charge in [0.15, 0.2) is 0 Å². The van der Waals surface area contributed by atoms with Crippen LogP contribution in [-0.2, 0) is 6.54 Å². The molecule has 7 heteroatoms. The number of benzene rings is 2. The molecule has 2 aromatic carbocycles. The van der Waals surface area contributed by atoms with Crippen LogP contribution in [0.1, 0.15) is 17.5 Å². The molecule has 1 aromatic heterocycles. The van der Waals surface area contributed by atoms with Gasteiger partial charge in [0, 0.05) is 34.8 Å². The molecule has 0 saturated heterocycles. The summed E-state index contributed by atoms with van der Waals surface area (Å²) < 4.78 is 0. The number of nitrogens with one attached hydrogen (secondary N) is 3. The van der Waals surface area contributed by atoms with E-state index in [1.165, 1.54) is 4.90 Å². The van der Waals surface area contributed by atoms with E-state index >= 15 is 0 Å². The molecular weight excluding hydrogens is 400 g/mol. The van der Waals surface area contributed by atoms with Crippen LogP contribution in [0, 0.1) is 6.92 Å². The molecule has 0 radical (unpaired) electrons. The van der Waals surface area contributed by atoms with Crippen LogP contribution in [0.3, 0.4) is 0 Å². The molecule has 0 bridgehead atoms. The Kier molecular flexibility index (Phi) is 7.13. The molecule has 0 aliphatic rings. The minimum Gasteiger partial charge on any atom is -0.340 e. The molecule has 2 amide bonds. The van der Waals surface area contributed by atoms with Crippen LogP contribution < -0.4 is 15.8 Å². The monoisotopic (exact) mass is 427 g/mol. The van der Waals surface area contributed by atoms with Gasteiger partial charge in [0.1, 0.15) is 0 Å². The van der Waals surface area contributed by atoms with E-state index in [1.807, 2.05) is 31.2 Å². The number of carbonyl (C=O) groups is 1. The smallest absolute Gasteiger partial charge is 0.322 e. The first-order valence-corrected chi connectivity index (χ1v) is 10.4. The number of fused-ring (bicyclic) bond motifs is 1. The second kappa shape index (κ2) is 9.78. The van der Waals surface area contributed by atoms with E-state index < -0.39 is 0 Å². The number of urea groups is 1. The van der Waals surface area contributed by atoms with Gasteiger partial charge in [-0.05, 0) is 54.8 Å². The summed E-state index contributed by atoms with van der Waals surface area (Å²) in [5.41, 5.74) is 2.97. The van der Waals surface area contributed by atoms with Crippen molar-refractivity contribution in [2.45, 2.75) is 19.9 Å². The molecule has 0 aliphatic carbocycles. The van der Waals surface area contributed by atoms with Crippen molar-refractivity contribution in [3.8, 4) is 0 Å². The zero-order valence-corrected chi connectivity index (χ0v) is 18.3. The Bertz CT molecular complexity index is 1080. The van der Waals surface area contributed by atoms with Gasteiger partial charge < -0.3 is 20.1 Å². The van der Waals surface area contributed by atoms with Crippen molar-refractivity contribution >= 4 is 34.2 Å². The molecule has 3 rings (SSSR count). The second-order valence-electron chi connectivity index (χ2n) is 7.88. The number of amides is 2. The number of aromatic amines is 1. The number of H-pyrrole nitrogens is 1. The predicted octanol–water partition coefficient (Wildman–Crippen LogP) is 3.06. The highest BCUT2D eigenvalue weighted by Crippen LogP contribution is 2.16. The number of nitrogens with zero attached hydrogens (tertiary/aromatic N) is 1. The lowest BCUT2D eigenvalue weighted by atomic mass is 10.1. The fraction of sp³-hybridized carbons (Fsp3) is 0.304. The van der Waals surface area contributed by atoms with Crippen LogP contribution in [0.4, 0.5) is 10.5 Å². The van der Waals surface area contributed by atoms with Crippen LogP contribution in [-0.4, -0.2) is 43.1 Å². The van der Waals surface area contributed by atoms with Gasteiger partial charge in [-0.3, -0.25) is 4.79 Å². The van der Waals surface area contributed by atoms with E-state index in [-0.39, 0.29) is 18.1 Å². The fourth-order valence-electron chi connectivity index (χ4n) is 3.31. The van der Waals surface area contributed by atoms with Crippen LogP contribution >= 0.6 is 11.6 Å². The molecule has 0 aliphatic heterocycles. The van der Waals surface area contributed by atoms with Crippen molar-refractivity contribution in [2.75, 3.05) is 32.5 Å². The standard InChI is InChI=1S/C23H27ClN4O2/c1-16-5-10-21-17(13-16)14-18(22(29)26-21)15-28(12-4-11-27(2)3)23(30)25-20-8-6-19(24)7-9-20/h5-10,13-14H,4,11-12,15H2,1-3H3,(H,25,30)(H,26,29)/p+1. The number of rotatable bonds is 7. The van der Waals surface area contributed by atoms with Crippen LogP contribution in [0.5, 0.6) is 0 Å². The maximum absolute atomic E-state index is 13.0. The molecule has 0 unspecified atom stereocenters. The Morgan fingerprint density at radius 3 is 2.57 bits per heavy atom. The maximum atomic E-state index is 13.0. The molecule has 0 fully saturated rings. The Balaban J connectivity index is 1.83. The van der Waals surface area contributed by atoms with E-state index in [0.29, 0.717) is 22.8 Å². The molecule has 0 atom stereocenters. The number of hydrogen-bond donors (Lipinski definition) is 3. The van der Waals surface area contributed by atoms with Gasteiger partial charge in [0.2, 0.25) is 0 Å². The first-order valence-electron chi connectivity index (χ1n) is 10.0. The first kappa shape index (κ1) is 21.9. The quantitative estimate of drug-likeness (QED) is 0.542. The number of hydrogen-bond acceptors (Lipinski definition) is 2. The van der Waals surface area contributed by atoms with Crippen molar-refractivity contribution in [1.29, 1.82) is 0 Å². The van der Waals surface area contributed by atoms with Crippen molar-refractivity contribution in [3.63, 3.8) is 0 Å². The maximum Gasteiger partial charge on any atom is 0.322 e. The minimum atomic E-state index is -0.241. The number of aryl methyl sites for hydroxylation is 1. The summed E-state index contributed by atoms with van der Waals surface area (Å²) in [4.78, 5) is 31.5. The third-order valence-electron chi connectivity index (χ3n) is 4.93. The predicted molar refractivity (Wildman–Crippen MR) is 122 cm³/mol. The largest absolute Gasteiger partial charge is 0.340 e. The van der Waals surface area contributed by atoms with E-state index in [1.54, 1.807) is 29.2 Å². The van der Waals surface area contributed by atoms with Crippen LogP contribution in [0.15, 0.2) is 53.3 Å². The van der Waals surface area contributed by atoms with Gasteiger partial charge in [-0.25, -0.2) is 4.79 Å². The summed E-state index contributed by atoms with van der Waals surface area (Å²) in [6.07, 6.45) is 0.834. The lowest BCUT2D eigenvalue weighted by Gasteiger charge is -2.23. The number of quaternary nitrogens is 1. The highest BCUT2D eigenvalue weighted by Gasteiger charge is 2.17. The molecule has 3 N–H and O–H groups in total. The molecule has 158 valence electrons. The Morgan fingerprint density at radius 2 is 1.87 bits per heavy atom. The lowest BCUT2D eigenvalue weighted by molar-refractivity contribution is -0.858. The molecule has 0 saturated carbocycles. The fourth-order valence-corrected chi connectivity index (χ4v) is 3.43. The summed E-state index contributed by atoms with van der Waals surface area (Å²) in [6.45, 7) is 3.73. The van der Waals surface area contributed by atoms with Crippen molar-refractivity contribution in [1.82, 2.24) is 9.88 Å². The third kappa shape index (κ3) is 5.84. The zero-order valence-electron chi connectivity index (χ0n) is 17.6. The normalized spacial score (nSPS) is 11.1. The number of carbonyl (C=O) groups excluding carboxylic acids is 1. The molecule has 6 nitrogen and oxygen atoms in total. The summed E-state index contributed by atoms with van der Waals surface area (Å²) >= 11 is 5.93. The second-order valence-corrected chi connectivity index (χ2v) is 8.32. The minimum absolute atomic E-state index is 0.172. The Labute approximate surface area is 181 Å². The van der Waals surface area contributed by atoms with E-state index in [2.05, 4.69) is 24.4 Å². The average Bonchev–Trinajstić information content (AvgIpc) is 2.69. The molecule has 0 spiro atoms. The van der Waals surface area contributed by atoms with Crippen molar-refractivity contribution < 1.29 is 9.69 Å². The van der Waals surface area contributed by atoms with E-state index in [0.717, 1.165) is 29.4 Å². The topological polar surface area (TPSA) is 69.6 Å². The van der Waals surface area contributed by atoms with Gasteiger partial charge in [-0.2, -0.15) is 0 Å². The average molecular weight is 428 g/mol. The van der Waals surface area contributed by atoms with Gasteiger partial charge in [-0.15, -0.1) is 0 Å². The summed E-state index contributed by atoms with van der Waals surface area (Å²) in [6, 6.07) is 14.5. The summed E-state index contributed by atoms with van der Waals surface area (Å²) in [5.74, 6) is 0. The SMILES string of the molecule is Cc1ccc2[nH]c(=O)c(CN(CCC[NH+](C)C)C(=O)Nc3ccc(Cl)cc3)cc2c1. The molecule has 30 heavy (non-hydrogen) atoms. The van der Waals surface area contributed by atoms with Gasteiger partial charge in [0.25, 0.3) is 5.56 Å². The van der Waals surface area contributed by atoms with E-state index in [9.17, 15) is 9.59 Å². The van der Waals surface area contributed by atoms with Crippen molar-refractivity contribution in [3.05, 3.63) is 75.0 Å². The Hall–Kier alpha value is -2.83. The summed E-state index contributed by atoms with van der Waals surface area (Å²) in [5, 5.41) is 4.47. The highest BCUT2D eigenvalue weighted by molar-refractivity contribution is 6.30. The van der Waals surface area contributed by atoms with Crippen LogP contribution in [0.2, 0.25) is 5.02 Å². The number of halogens is 1. The van der Waals surface area contributed by atoms with Crippen LogP contribution in [0.25, 0.3) is 10.9 Å². The lowest BCUT2D eigenvalue weighted by Crippen LogP contribution is -3.05. The van der Waals surface area contributed by atoms with E-state index in [4.69, 9.17) is 11.6 Å². The zero-order chi connectivity index (χ0) is 21.7. The first-order chi connectivity index (χ1) is 14.3. The van der Waals surface area contributed by atoms with Gasteiger partial charge in [0.05, 0.1) is 27.2 Å². The highest BCUT2D eigenvalue weighted by atomic mass is 35.5. The molecular formula is C23H28ClN4O2+. The Morgan fingerprint density at radius 1 is 1.13 bits per heavy atom.